The first-order valence-corrected chi connectivity index (χ1v) is 6.72. The number of carbonyl (C=O) groups excluding carboxylic acids is 1. The fraction of sp³-hybridized carbons (Fsp3) is 0.636. The third-order valence-corrected chi connectivity index (χ3v) is 3.54. The molecule has 0 saturated carbocycles. The zero-order valence-electron chi connectivity index (χ0n) is 10.2. The molecule has 2 rings (SSSR count). The quantitative estimate of drug-likeness (QED) is 0.806. The van der Waals surface area contributed by atoms with Crippen LogP contribution in [0.3, 0.4) is 0 Å². The number of carbonyl (C=O) groups is 1. The monoisotopic (exact) mass is 272 g/mol. The predicted octanol–water partition coefficient (Wildman–Crippen LogP) is 0.517. The number of morpholine rings is 1. The van der Waals surface area contributed by atoms with Crippen LogP contribution in [0, 0.1) is 0 Å². The van der Waals surface area contributed by atoms with Crippen LogP contribution < -0.4 is 4.90 Å². The predicted molar refractivity (Wildman–Crippen MR) is 67.1 cm³/mol. The van der Waals surface area contributed by atoms with Gasteiger partial charge in [0.15, 0.2) is 10.8 Å². The molecule has 1 aromatic rings. The van der Waals surface area contributed by atoms with Crippen LogP contribution in [-0.4, -0.2) is 55.1 Å². The Morgan fingerprint density at radius 1 is 1.78 bits per heavy atom. The van der Waals surface area contributed by atoms with E-state index in [1.165, 1.54) is 11.3 Å². The van der Waals surface area contributed by atoms with Crippen LogP contribution in [0.2, 0.25) is 0 Å². The zero-order valence-corrected chi connectivity index (χ0v) is 11.0. The Morgan fingerprint density at radius 3 is 3.33 bits per heavy atom. The molecule has 18 heavy (non-hydrogen) atoms. The van der Waals surface area contributed by atoms with Gasteiger partial charge in [0.1, 0.15) is 0 Å². The van der Waals surface area contributed by atoms with Crippen molar-refractivity contribution in [1.29, 1.82) is 0 Å². The highest BCUT2D eigenvalue weighted by Gasteiger charge is 2.25. The van der Waals surface area contributed by atoms with Crippen molar-refractivity contribution in [2.75, 3.05) is 37.9 Å². The van der Waals surface area contributed by atoms with Crippen LogP contribution in [0.15, 0.2) is 5.38 Å². The lowest BCUT2D eigenvalue weighted by Gasteiger charge is -2.34. The molecule has 1 fully saturated rings. The Kier molecular flexibility index (Phi) is 4.51. The number of aliphatic hydroxyl groups excluding tert-OH is 1. The van der Waals surface area contributed by atoms with E-state index in [4.69, 9.17) is 9.47 Å². The van der Waals surface area contributed by atoms with Gasteiger partial charge in [-0.25, -0.2) is 9.78 Å². The van der Waals surface area contributed by atoms with E-state index < -0.39 is 5.97 Å². The smallest absolute Gasteiger partial charge is 0.357 e. The Bertz CT molecular complexity index is 410. The number of aromatic nitrogens is 1. The second kappa shape index (κ2) is 6.12. The van der Waals surface area contributed by atoms with Gasteiger partial charge in [-0.2, -0.15) is 0 Å². The van der Waals surface area contributed by atoms with Crippen molar-refractivity contribution in [3.8, 4) is 0 Å². The molecule has 7 heteroatoms. The summed E-state index contributed by atoms with van der Waals surface area (Å²) in [4.78, 5) is 17.7. The molecular formula is C11H16N2O4S. The first kappa shape index (κ1) is 13.3. The Morgan fingerprint density at radius 2 is 2.61 bits per heavy atom. The van der Waals surface area contributed by atoms with Crippen LogP contribution in [0.1, 0.15) is 17.4 Å². The normalized spacial score (nSPS) is 19.9. The van der Waals surface area contributed by atoms with E-state index in [9.17, 15) is 9.90 Å². The van der Waals surface area contributed by atoms with Crippen molar-refractivity contribution >= 4 is 22.4 Å². The van der Waals surface area contributed by atoms with Crippen molar-refractivity contribution in [2.45, 2.75) is 13.0 Å². The summed E-state index contributed by atoms with van der Waals surface area (Å²) in [5, 5.41) is 11.7. The Hall–Kier alpha value is -1.18. The van der Waals surface area contributed by atoms with E-state index in [2.05, 4.69) is 4.98 Å². The molecule has 100 valence electrons. The molecule has 0 aromatic carbocycles. The molecule has 6 nitrogen and oxygen atoms in total. The molecule has 1 aliphatic rings. The third-order valence-electron chi connectivity index (χ3n) is 2.66. The largest absolute Gasteiger partial charge is 0.461 e. The highest BCUT2D eigenvalue weighted by molar-refractivity contribution is 7.13. The van der Waals surface area contributed by atoms with Gasteiger partial charge in [0, 0.05) is 11.9 Å². The van der Waals surface area contributed by atoms with E-state index in [1.54, 1.807) is 12.3 Å². The van der Waals surface area contributed by atoms with Gasteiger partial charge >= 0.3 is 5.97 Å². The number of esters is 1. The minimum Gasteiger partial charge on any atom is -0.461 e. The van der Waals surface area contributed by atoms with E-state index in [0.29, 0.717) is 32.1 Å². The number of nitrogens with zero attached hydrogens (tertiary/aromatic N) is 2. The summed E-state index contributed by atoms with van der Waals surface area (Å²) in [7, 11) is 0. The van der Waals surface area contributed by atoms with Gasteiger partial charge < -0.3 is 19.5 Å². The molecule has 0 aliphatic carbocycles. The number of thiazole rings is 1. The molecule has 0 spiro atoms. The van der Waals surface area contributed by atoms with Crippen LogP contribution in [-0.2, 0) is 9.47 Å². The first-order valence-electron chi connectivity index (χ1n) is 5.84. The molecule has 1 saturated heterocycles. The molecular weight excluding hydrogens is 256 g/mol. The standard InChI is InChI=1S/C11H16N2O4S/c1-2-17-10(15)9-7-18-11(12-9)13-3-4-16-6-8(13)5-14/h7-8,14H,2-6H2,1H3. The van der Waals surface area contributed by atoms with Gasteiger partial charge in [0.05, 0.1) is 32.5 Å². The maximum Gasteiger partial charge on any atom is 0.357 e. The Labute approximate surface area is 109 Å². The number of anilines is 1. The summed E-state index contributed by atoms with van der Waals surface area (Å²) in [5.41, 5.74) is 0.319. The van der Waals surface area contributed by atoms with Crippen molar-refractivity contribution in [3.63, 3.8) is 0 Å². The molecule has 1 atom stereocenters. The van der Waals surface area contributed by atoms with E-state index in [-0.39, 0.29) is 12.6 Å². The van der Waals surface area contributed by atoms with Gasteiger partial charge in [-0.05, 0) is 6.92 Å². The summed E-state index contributed by atoms with van der Waals surface area (Å²) in [6, 6.07) is -0.0973. The van der Waals surface area contributed by atoms with Crippen molar-refractivity contribution in [1.82, 2.24) is 4.98 Å². The maximum absolute atomic E-state index is 11.5. The summed E-state index contributed by atoms with van der Waals surface area (Å²) in [5.74, 6) is -0.409. The second-order valence-electron chi connectivity index (χ2n) is 3.84. The van der Waals surface area contributed by atoms with Crippen molar-refractivity contribution in [2.24, 2.45) is 0 Å². The average Bonchev–Trinajstić information content (AvgIpc) is 2.88. The fourth-order valence-corrected chi connectivity index (χ4v) is 2.65. The zero-order chi connectivity index (χ0) is 13.0. The van der Waals surface area contributed by atoms with E-state index >= 15 is 0 Å². The average molecular weight is 272 g/mol. The number of aliphatic hydroxyl groups is 1. The number of hydrogen-bond donors (Lipinski definition) is 1. The summed E-state index contributed by atoms with van der Waals surface area (Å²) in [6.45, 7) is 3.85. The second-order valence-corrected chi connectivity index (χ2v) is 4.68. The van der Waals surface area contributed by atoms with Crippen LogP contribution in [0.4, 0.5) is 5.13 Å². The summed E-state index contributed by atoms with van der Waals surface area (Å²) >= 11 is 1.38. The SMILES string of the molecule is CCOC(=O)c1csc(N2CCOCC2CO)n1. The molecule has 1 aliphatic heterocycles. The lowest BCUT2D eigenvalue weighted by Crippen LogP contribution is -2.47. The van der Waals surface area contributed by atoms with Gasteiger partial charge in [-0.1, -0.05) is 0 Å². The molecule has 1 aromatic heterocycles. The molecule has 0 amide bonds. The first-order chi connectivity index (χ1) is 8.76. The van der Waals surface area contributed by atoms with Gasteiger partial charge in [-0.3, -0.25) is 0 Å². The highest BCUT2D eigenvalue weighted by atomic mass is 32.1. The molecule has 0 radical (unpaired) electrons. The van der Waals surface area contributed by atoms with Gasteiger partial charge in [-0.15, -0.1) is 11.3 Å². The lowest BCUT2D eigenvalue weighted by molar-refractivity contribution is 0.0520. The molecule has 2 heterocycles. The third kappa shape index (κ3) is 2.80. The van der Waals surface area contributed by atoms with E-state index in [0.717, 1.165) is 5.13 Å². The number of ether oxygens (including phenoxy) is 2. The van der Waals surface area contributed by atoms with Crippen molar-refractivity contribution in [3.05, 3.63) is 11.1 Å². The topological polar surface area (TPSA) is 71.9 Å². The molecule has 0 bridgehead atoms. The number of hydrogen-bond acceptors (Lipinski definition) is 7. The minimum absolute atomic E-state index is 0.00825. The van der Waals surface area contributed by atoms with Gasteiger partial charge in [0.2, 0.25) is 0 Å². The summed E-state index contributed by atoms with van der Waals surface area (Å²) in [6.07, 6.45) is 0. The van der Waals surface area contributed by atoms with E-state index in [1.807, 2.05) is 4.90 Å². The minimum atomic E-state index is -0.409. The van der Waals surface area contributed by atoms with Crippen LogP contribution in [0.5, 0.6) is 0 Å². The number of rotatable bonds is 4. The van der Waals surface area contributed by atoms with Gasteiger partial charge in [0.25, 0.3) is 0 Å². The van der Waals surface area contributed by atoms with Crippen LogP contribution >= 0.6 is 11.3 Å². The fourth-order valence-electron chi connectivity index (χ4n) is 1.75. The molecule has 1 N–H and O–H groups in total. The summed E-state index contributed by atoms with van der Waals surface area (Å²) < 4.78 is 10.2. The van der Waals surface area contributed by atoms with Crippen LogP contribution in [0.25, 0.3) is 0 Å². The maximum atomic E-state index is 11.5. The molecule has 1 unspecified atom stereocenters. The Balaban J connectivity index is 2.10. The highest BCUT2D eigenvalue weighted by Crippen LogP contribution is 2.24. The lowest BCUT2D eigenvalue weighted by atomic mass is 10.2. The van der Waals surface area contributed by atoms with Crippen molar-refractivity contribution < 1.29 is 19.4 Å².